The van der Waals surface area contributed by atoms with Gasteiger partial charge in [0.1, 0.15) is 5.75 Å². The van der Waals surface area contributed by atoms with E-state index in [1.165, 1.54) is 17.6 Å². The highest BCUT2D eigenvalue weighted by molar-refractivity contribution is 7.03. The van der Waals surface area contributed by atoms with Crippen LogP contribution in [0.15, 0.2) is 29.6 Å². The number of halogens is 1. The first-order chi connectivity index (χ1) is 9.24. The van der Waals surface area contributed by atoms with Crippen molar-refractivity contribution in [1.29, 1.82) is 0 Å². The third-order valence-electron chi connectivity index (χ3n) is 2.61. The quantitative estimate of drug-likeness (QED) is 0.783. The minimum absolute atomic E-state index is 0.0628. The van der Waals surface area contributed by atoms with Gasteiger partial charge in [-0.3, -0.25) is 0 Å². The molecule has 0 aliphatic carbocycles. The Kier molecular flexibility index (Phi) is 3.15. The first-order valence-electron chi connectivity index (χ1n) is 5.47. The van der Waals surface area contributed by atoms with Gasteiger partial charge in [-0.05, 0) is 47.9 Å². The summed E-state index contributed by atoms with van der Waals surface area (Å²) in [5, 5.41) is 16.4. The number of benzene rings is 1. The van der Waals surface area contributed by atoms with E-state index >= 15 is 0 Å². The number of hydrogen-bond acceptors (Lipinski definition) is 5. The molecule has 2 aromatic heterocycles. The second-order valence-corrected chi connectivity index (χ2v) is 4.85. The highest BCUT2D eigenvalue weighted by Gasteiger charge is 2.05. The molecule has 3 rings (SSSR count). The summed E-state index contributed by atoms with van der Waals surface area (Å²) in [5.74, 6) is 0.0628. The molecule has 0 unspecified atom stereocenters. The number of aromatic hydroxyl groups is 1. The molecule has 2 heterocycles. The van der Waals surface area contributed by atoms with Crippen LogP contribution in [0.1, 0.15) is 11.4 Å². The standard InChI is InChI=1S/C13H8ClN3OS/c14-13-10-4-3-8(1-2-9-7-19-17-16-9)15-11(10)5-6-12(13)18/h1-7,18H. The van der Waals surface area contributed by atoms with Crippen molar-refractivity contribution in [2.24, 2.45) is 0 Å². The Bertz CT molecular complexity index is 756. The minimum Gasteiger partial charge on any atom is -0.506 e. The fourth-order valence-electron chi connectivity index (χ4n) is 1.68. The molecule has 0 spiro atoms. The lowest BCUT2D eigenvalue weighted by Crippen LogP contribution is -1.84. The van der Waals surface area contributed by atoms with Crippen molar-refractivity contribution in [3.05, 3.63) is 46.1 Å². The van der Waals surface area contributed by atoms with Crippen LogP contribution in [0.2, 0.25) is 5.02 Å². The molecule has 0 fully saturated rings. The number of phenols is 1. The van der Waals surface area contributed by atoms with Crippen LogP contribution < -0.4 is 0 Å². The molecule has 0 atom stereocenters. The van der Waals surface area contributed by atoms with Gasteiger partial charge < -0.3 is 5.11 Å². The smallest absolute Gasteiger partial charge is 0.134 e. The number of aromatic nitrogens is 3. The molecule has 94 valence electrons. The van der Waals surface area contributed by atoms with Crippen molar-refractivity contribution in [3.63, 3.8) is 0 Å². The first kappa shape index (κ1) is 12.1. The Balaban J connectivity index is 2.01. The van der Waals surface area contributed by atoms with Gasteiger partial charge in [-0.2, -0.15) is 0 Å². The summed E-state index contributed by atoms with van der Waals surface area (Å²) < 4.78 is 3.78. The van der Waals surface area contributed by atoms with Gasteiger partial charge in [-0.15, -0.1) is 5.10 Å². The summed E-state index contributed by atoms with van der Waals surface area (Å²) >= 11 is 7.31. The first-order valence-corrected chi connectivity index (χ1v) is 6.69. The second kappa shape index (κ2) is 4.95. The molecule has 0 saturated carbocycles. The predicted octanol–water partition coefficient (Wildman–Crippen LogP) is 3.62. The van der Waals surface area contributed by atoms with E-state index in [0.717, 1.165) is 22.3 Å². The van der Waals surface area contributed by atoms with E-state index in [0.29, 0.717) is 5.02 Å². The van der Waals surface area contributed by atoms with Crippen molar-refractivity contribution >= 4 is 46.2 Å². The maximum atomic E-state index is 9.53. The van der Waals surface area contributed by atoms with Gasteiger partial charge in [0.25, 0.3) is 0 Å². The summed E-state index contributed by atoms with van der Waals surface area (Å²) in [6.45, 7) is 0. The molecule has 0 radical (unpaired) electrons. The van der Waals surface area contributed by atoms with E-state index < -0.39 is 0 Å². The summed E-state index contributed by atoms with van der Waals surface area (Å²) in [5.41, 5.74) is 2.33. The fourth-order valence-corrected chi connectivity index (χ4v) is 2.33. The molecule has 0 amide bonds. The summed E-state index contributed by atoms with van der Waals surface area (Å²) in [6.07, 6.45) is 3.70. The van der Waals surface area contributed by atoms with Gasteiger partial charge in [0.05, 0.1) is 21.9 Å². The minimum atomic E-state index is 0.0628. The second-order valence-electron chi connectivity index (χ2n) is 3.86. The number of rotatable bonds is 2. The lowest BCUT2D eigenvalue weighted by molar-refractivity contribution is 0.476. The summed E-state index contributed by atoms with van der Waals surface area (Å²) in [4.78, 5) is 4.45. The van der Waals surface area contributed by atoms with E-state index in [9.17, 15) is 5.11 Å². The molecule has 0 aliphatic heterocycles. The average molecular weight is 290 g/mol. The molecule has 6 heteroatoms. The normalized spacial score (nSPS) is 11.4. The highest BCUT2D eigenvalue weighted by atomic mass is 35.5. The van der Waals surface area contributed by atoms with Gasteiger partial charge in [0.15, 0.2) is 0 Å². The molecule has 0 saturated heterocycles. The average Bonchev–Trinajstić information content (AvgIpc) is 2.94. The molecule has 1 N–H and O–H groups in total. The molecule has 1 aromatic carbocycles. The van der Waals surface area contributed by atoms with Crippen LogP contribution in [-0.2, 0) is 0 Å². The Morgan fingerprint density at radius 2 is 1.95 bits per heavy atom. The van der Waals surface area contributed by atoms with Crippen molar-refractivity contribution in [2.45, 2.75) is 0 Å². The van der Waals surface area contributed by atoms with E-state index in [-0.39, 0.29) is 5.75 Å². The zero-order valence-electron chi connectivity index (χ0n) is 9.62. The molecular formula is C13H8ClN3OS. The van der Waals surface area contributed by atoms with Gasteiger partial charge in [-0.25, -0.2) is 4.98 Å². The Labute approximate surface area is 118 Å². The van der Waals surface area contributed by atoms with Crippen LogP contribution in [0.4, 0.5) is 0 Å². The zero-order chi connectivity index (χ0) is 13.2. The van der Waals surface area contributed by atoms with Crippen molar-refractivity contribution < 1.29 is 5.11 Å². The van der Waals surface area contributed by atoms with Gasteiger partial charge >= 0.3 is 0 Å². The van der Waals surface area contributed by atoms with E-state index in [1.54, 1.807) is 6.07 Å². The van der Waals surface area contributed by atoms with E-state index in [1.807, 2.05) is 29.7 Å². The van der Waals surface area contributed by atoms with Crippen molar-refractivity contribution in [1.82, 2.24) is 14.6 Å². The summed E-state index contributed by atoms with van der Waals surface area (Å²) in [6, 6.07) is 6.95. The lowest BCUT2D eigenvalue weighted by atomic mass is 10.2. The third kappa shape index (κ3) is 2.43. The topological polar surface area (TPSA) is 58.9 Å². The molecule has 3 aromatic rings. The maximum Gasteiger partial charge on any atom is 0.134 e. The zero-order valence-corrected chi connectivity index (χ0v) is 11.2. The van der Waals surface area contributed by atoms with Crippen molar-refractivity contribution in [2.75, 3.05) is 0 Å². The molecule has 0 aliphatic rings. The van der Waals surface area contributed by atoms with Crippen LogP contribution in [0.3, 0.4) is 0 Å². The van der Waals surface area contributed by atoms with Crippen LogP contribution in [0.25, 0.3) is 23.1 Å². The predicted molar refractivity (Wildman–Crippen MR) is 77.3 cm³/mol. The Morgan fingerprint density at radius 1 is 1.11 bits per heavy atom. The Hall–Kier alpha value is -1.98. The number of phenolic OH excluding ortho intramolecular Hbond substituents is 1. The molecule has 4 nitrogen and oxygen atoms in total. The van der Waals surface area contributed by atoms with Crippen LogP contribution in [-0.4, -0.2) is 19.7 Å². The molecule has 19 heavy (non-hydrogen) atoms. The summed E-state index contributed by atoms with van der Waals surface area (Å²) in [7, 11) is 0. The fraction of sp³-hybridized carbons (Fsp3) is 0. The van der Waals surface area contributed by atoms with Crippen LogP contribution in [0.5, 0.6) is 5.75 Å². The largest absolute Gasteiger partial charge is 0.506 e. The lowest BCUT2D eigenvalue weighted by Gasteiger charge is -2.03. The van der Waals surface area contributed by atoms with Crippen molar-refractivity contribution in [3.8, 4) is 5.75 Å². The number of hydrogen-bond donors (Lipinski definition) is 1. The monoisotopic (exact) mass is 289 g/mol. The van der Waals surface area contributed by atoms with E-state index in [4.69, 9.17) is 11.6 Å². The maximum absolute atomic E-state index is 9.53. The molecule has 0 bridgehead atoms. The van der Waals surface area contributed by atoms with Crippen LogP contribution >= 0.6 is 23.1 Å². The van der Waals surface area contributed by atoms with Gasteiger partial charge in [-0.1, -0.05) is 16.1 Å². The highest BCUT2D eigenvalue weighted by Crippen LogP contribution is 2.31. The number of nitrogens with zero attached hydrogens (tertiary/aromatic N) is 3. The number of pyridine rings is 1. The van der Waals surface area contributed by atoms with Gasteiger partial charge in [0, 0.05) is 10.8 Å². The van der Waals surface area contributed by atoms with Crippen LogP contribution in [0, 0.1) is 0 Å². The number of fused-ring (bicyclic) bond motifs is 1. The molecular weight excluding hydrogens is 282 g/mol. The third-order valence-corrected chi connectivity index (χ3v) is 3.53. The Morgan fingerprint density at radius 3 is 2.74 bits per heavy atom. The SMILES string of the molecule is Oc1ccc2nc(C=Cc3csnn3)ccc2c1Cl. The van der Waals surface area contributed by atoms with E-state index in [2.05, 4.69) is 14.6 Å². The van der Waals surface area contributed by atoms with Gasteiger partial charge in [0.2, 0.25) is 0 Å².